The summed E-state index contributed by atoms with van der Waals surface area (Å²) in [5.41, 5.74) is 0. The van der Waals surface area contributed by atoms with Crippen molar-refractivity contribution in [1.82, 2.24) is 4.72 Å². The summed E-state index contributed by atoms with van der Waals surface area (Å²) in [6, 6.07) is 5.05. The Balaban J connectivity index is 3.09. The number of hydrogen-bond acceptors (Lipinski definition) is 2. The highest BCUT2D eigenvalue weighted by molar-refractivity contribution is 9.11. The van der Waals surface area contributed by atoms with E-state index < -0.39 is 10.0 Å². The average molecular weight is 357 g/mol. The van der Waals surface area contributed by atoms with Crippen LogP contribution < -0.4 is 4.72 Å². The van der Waals surface area contributed by atoms with Gasteiger partial charge in [0, 0.05) is 15.5 Å². The van der Waals surface area contributed by atoms with Gasteiger partial charge in [0.25, 0.3) is 0 Å². The Labute approximate surface area is 107 Å². The summed E-state index contributed by atoms with van der Waals surface area (Å²) >= 11 is 6.46. The van der Waals surface area contributed by atoms with Crippen LogP contribution in [0.1, 0.15) is 13.3 Å². The molecule has 6 heteroatoms. The molecule has 0 heterocycles. The zero-order valence-electron chi connectivity index (χ0n) is 8.13. The number of sulfonamides is 1. The van der Waals surface area contributed by atoms with Gasteiger partial charge in [-0.1, -0.05) is 22.9 Å². The molecule has 0 aliphatic carbocycles. The Hall–Kier alpha value is 0.0900. The minimum atomic E-state index is -3.40. The van der Waals surface area contributed by atoms with Crippen LogP contribution in [0.4, 0.5) is 0 Å². The SMILES string of the molecule is CCCNS(=O)(=O)c1cc(Br)ccc1Br. The van der Waals surface area contributed by atoms with Crippen molar-refractivity contribution in [2.45, 2.75) is 18.2 Å². The van der Waals surface area contributed by atoms with Crippen molar-refractivity contribution in [3.63, 3.8) is 0 Å². The second-order valence-corrected chi connectivity index (χ2v) is 6.48. The van der Waals surface area contributed by atoms with Gasteiger partial charge in [-0.2, -0.15) is 0 Å². The fourth-order valence-electron chi connectivity index (χ4n) is 0.997. The Morgan fingerprint density at radius 2 is 2.00 bits per heavy atom. The molecule has 0 fully saturated rings. The minimum Gasteiger partial charge on any atom is -0.211 e. The maximum Gasteiger partial charge on any atom is 0.241 e. The largest absolute Gasteiger partial charge is 0.241 e. The van der Waals surface area contributed by atoms with Crippen LogP contribution in [0.3, 0.4) is 0 Å². The van der Waals surface area contributed by atoms with Crippen molar-refractivity contribution in [2.75, 3.05) is 6.54 Å². The summed E-state index contributed by atoms with van der Waals surface area (Å²) in [5, 5.41) is 0. The van der Waals surface area contributed by atoms with Crippen LogP contribution in [0.5, 0.6) is 0 Å². The molecule has 1 aromatic rings. The molecule has 0 saturated carbocycles. The topological polar surface area (TPSA) is 46.2 Å². The number of nitrogens with one attached hydrogen (secondary N) is 1. The molecule has 1 rings (SSSR count). The molecule has 0 saturated heterocycles. The molecule has 0 spiro atoms. The van der Waals surface area contributed by atoms with Gasteiger partial charge >= 0.3 is 0 Å². The van der Waals surface area contributed by atoms with Crippen LogP contribution in [-0.4, -0.2) is 15.0 Å². The van der Waals surface area contributed by atoms with Gasteiger partial charge in [0.05, 0.1) is 4.90 Å². The first-order valence-corrected chi connectivity index (χ1v) is 7.49. The van der Waals surface area contributed by atoms with E-state index in [2.05, 4.69) is 36.6 Å². The fourth-order valence-corrected chi connectivity index (χ4v) is 3.63. The highest BCUT2D eigenvalue weighted by Gasteiger charge is 2.16. The van der Waals surface area contributed by atoms with Gasteiger partial charge in [0.1, 0.15) is 0 Å². The third-order valence-corrected chi connectivity index (χ3v) is 4.67. The number of rotatable bonds is 4. The molecule has 0 atom stereocenters. The molecule has 0 bridgehead atoms. The van der Waals surface area contributed by atoms with Crippen LogP contribution in [0, 0.1) is 0 Å². The monoisotopic (exact) mass is 355 g/mol. The van der Waals surface area contributed by atoms with E-state index in [4.69, 9.17) is 0 Å². The maximum absolute atomic E-state index is 11.8. The highest BCUT2D eigenvalue weighted by Crippen LogP contribution is 2.25. The first kappa shape index (κ1) is 13.2. The Bertz CT molecular complexity index is 445. The van der Waals surface area contributed by atoms with Gasteiger partial charge < -0.3 is 0 Å². The Morgan fingerprint density at radius 1 is 1.33 bits per heavy atom. The minimum absolute atomic E-state index is 0.255. The molecule has 0 amide bonds. The summed E-state index contributed by atoms with van der Waals surface area (Å²) in [6.45, 7) is 2.36. The predicted molar refractivity (Wildman–Crippen MR) is 67.3 cm³/mol. The molecular weight excluding hydrogens is 346 g/mol. The lowest BCUT2D eigenvalue weighted by Crippen LogP contribution is -2.24. The summed E-state index contributed by atoms with van der Waals surface area (Å²) < 4.78 is 27.4. The van der Waals surface area contributed by atoms with Crippen molar-refractivity contribution in [1.29, 1.82) is 0 Å². The highest BCUT2D eigenvalue weighted by atomic mass is 79.9. The zero-order valence-corrected chi connectivity index (χ0v) is 12.1. The number of benzene rings is 1. The smallest absolute Gasteiger partial charge is 0.211 e. The van der Waals surface area contributed by atoms with Gasteiger partial charge in [0.2, 0.25) is 10.0 Å². The summed E-state index contributed by atoms with van der Waals surface area (Å²) in [6.07, 6.45) is 0.769. The van der Waals surface area contributed by atoms with Gasteiger partial charge in [-0.3, -0.25) is 0 Å². The first-order valence-electron chi connectivity index (χ1n) is 4.42. The van der Waals surface area contributed by atoms with E-state index in [-0.39, 0.29) is 4.90 Å². The van der Waals surface area contributed by atoms with Gasteiger partial charge in [-0.25, -0.2) is 13.1 Å². The quantitative estimate of drug-likeness (QED) is 0.901. The molecule has 0 radical (unpaired) electrons. The average Bonchev–Trinajstić information content (AvgIpc) is 2.18. The van der Waals surface area contributed by atoms with E-state index in [1.54, 1.807) is 18.2 Å². The van der Waals surface area contributed by atoms with Crippen LogP contribution in [-0.2, 0) is 10.0 Å². The molecule has 0 unspecified atom stereocenters. The van der Waals surface area contributed by atoms with Gasteiger partial charge in [-0.15, -0.1) is 0 Å². The molecule has 0 aliphatic rings. The van der Waals surface area contributed by atoms with Crippen LogP contribution in [0.2, 0.25) is 0 Å². The molecular formula is C9H11Br2NO2S. The van der Waals surface area contributed by atoms with Crippen molar-refractivity contribution in [3.05, 3.63) is 27.1 Å². The van der Waals surface area contributed by atoms with E-state index in [0.29, 0.717) is 11.0 Å². The molecule has 0 aromatic heterocycles. The van der Waals surface area contributed by atoms with Crippen molar-refractivity contribution < 1.29 is 8.42 Å². The predicted octanol–water partition coefficient (Wildman–Crippen LogP) is 2.90. The van der Waals surface area contributed by atoms with Gasteiger partial charge in [0.15, 0.2) is 0 Å². The molecule has 1 N–H and O–H groups in total. The van der Waals surface area contributed by atoms with E-state index >= 15 is 0 Å². The van der Waals surface area contributed by atoms with Crippen molar-refractivity contribution in [3.8, 4) is 0 Å². The maximum atomic E-state index is 11.8. The van der Waals surface area contributed by atoms with Crippen LogP contribution in [0.25, 0.3) is 0 Å². The Morgan fingerprint density at radius 3 is 2.60 bits per heavy atom. The lowest BCUT2D eigenvalue weighted by molar-refractivity contribution is 0.580. The van der Waals surface area contributed by atoms with Crippen molar-refractivity contribution >= 4 is 41.9 Å². The molecule has 0 aliphatic heterocycles. The third kappa shape index (κ3) is 3.55. The summed E-state index contributed by atoms with van der Waals surface area (Å²) in [7, 11) is -3.40. The Kier molecular flexibility index (Phi) is 4.76. The molecule has 15 heavy (non-hydrogen) atoms. The van der Waals surface area contributed by atoms with E-state index in [1.807, 2.05) is 6.92 Å². The second-order valence-electron chi connectivity index (χ2n) is 2.97. The normalized spacial score (nSPS) is 11.7. The number of hydrogen-bond donors (Lipinski definition) is 1. The van der Waals surface area contributed by atoms with Gasteiger partial charge in [-0.05, 0) is 40.5 Å². The lowest BCUT2D eigenvalue weighted by Gasteiger charge is -2.07. The third-order valence-electron chi connectivity index (χ3n) is 1.72. The molecule has 1 aromatic carbocycles. The zero-order chi connectivity index (χ0) is 11.5. The van der Waals surface area contributed by atoms with E-state index in [0.717, 1.165) is 10.9 Å². The fraction of sp³-hybridized carbons (Fsp3) is 0.333. The number of halogens is 2. The van der Waals surface area contributed by atoms with Crippen molar-refractivity contribution in [2.24, 2.45) is 0 Å². The summed E-state index contributed by atoms with van der Waals surface area (Å²) in [4.78, 5) is 0.255. The molecule has 84 valence electrons. The van der Waals surface area contributed by atoms with E-state index in [9.17, 15) is 8.42 Å². The van der Waals surface area contributed by atoms with E-state index in [1.165, 1.54) is 0 Å². The van der Waals surface area contributed by atoms with Crippen LogP contribution >= 0.6 is 31.9 Å². The second kappa shape index (κ2) is 5.43. The first-order chi connectivity index (χ1) is 6.97. The lowest BCUT2D eigenvalue weighted by atomic mass is 10.4. The van der Waals surface area contributed by atoms with Crippen LogP contribution in [0.15, 0.2) is 32.0 Å². The summed E-state index contributed by atoms with van der Waals surface area (Å²) in [5.74, 6) is 0. The standard InChI is InChI=1S/C9H11Br2NO2S/c1-2-5-12-15(13,14)9-6-7(10)3-4-8(9)11/h3-4,6,12H,2,5H2,1H3. The molecule has 3 nitrogen and oxygen atoms in total.